The number of nitrogens with one attached hydrogen (secondary N) is 1. The molecule has 1 fully saturated rings. The highest BCUT2D eigenvalue weighted by Crippen LogP contribution is 2.31. The second-order valence-corrected chi connectivity index (χ2v) is 7.32. The normalized spacial score (nSPS) is 14.8. The van der Waals surface area contributed by atoms with E-state index < -0.39 is 0 Å². The summed E-state index contributed by atoms with van der Waals surface area (Å²) < 4.78 is 8.91. The van der Waals surface area contributed by atoms with E-state index in [-0.39, 0.29) is 18.6 Å². The molecule has 1 atom stereocenters. The summed E-state index contributed by atoms with van der Waals surface area (Å²) in [7, 11) is 1.70. The number of benzene rings is 1. The van der Waals surface area contributed by atoms with E-state index in [0.29, 0.717) is 5.92 Å². The molecule has 28 heavy (non-hydrogen) atoms. The lowest BCUT2D eigenvalue weighted by Gasteiger charge is -2.10. The highest BCUT2D eigenvalue weighted by Gasteiger charge is 2.23. The SMILES string of the molecule is COC(C)c1cccc(-c2cnn(CC(=O)Nc3ccnn3CC3CC3)c2)c1. The maximum atomic E-state index is 12.4. The quantitative estimate of drug-likeness (QED) is 0.650. The molecule has 2 aromatic heterocycles. The lowest BCUT2D eigenvalue weighted by atomic mass is 10.0. The number of carbonyl (C=O) groups is 1. The predicted octanol–water partition coefficient (Wildman–Crippen LogP) is 3.50. The Morgan fingerprint density at radius 3 is 2.93 bits per heavy atom. The molecule has 2 heterocycles. The number of rotatable bonds is 8. The van der Waals surface area contributed by atoms with Gasteiger partial charge in [-0.25, -0.2) is 4.68 Å². The molecule has 0 spiro atoms. The molecular weight excluding hydrogens is 354 g/mol. The summed E-state index contributed by atoms with van der Waals surface area (Å²) in [4.78, 5) is 12.4. The molecule has 1 saturated carbocycles. The average molecular weight is 379 g/mol. The van der Waals surface area contributed by atoms with Gasteiger partial charge in [-0.2, -0.15) is 10.2 Å². The zero-order chi connectivity index (χ0) is 19.5. The van der Waals surface area contributed by atoms with Gasteiger partial charge in [-0.15, -0.1) is 0 Å². The minimum Gasteiger partial charge on any atom is -0.377 e. The van der Waals surface area contributed by atoms with E-state index in [0.717, 1.165) is 29.1 Å². The van der Waals surface area contributed by atoms with Gasteiger partial charge in [0.2, 0.25) is 5.91 Å². The molecule has 1 amide bonds. The highest BCUT2D eigenvalue weighted by molar-refractivity contribution is 5.89. The molecular formula is C21H25N5O2. The lowest BCUT2D eigenvalue weighted by Crippen LogP contribution is -2.21. The number of hydrogen-bond donors (Lipinski definition) is 1. The first-order valence-corrected chi connectivity index (χ1v) is 9.59. The van der Waals surface area contributed by atoms with Gasteiger partial charge >= 0.3 is 0 Å². The molecule has 1 aromatic carbocycles. The van der Waals surface area contributed by atoms with E-state index in [2.05, 4.69) is 21.6 Å². The molecule has 7 nitrogen and oxygen atoms in total. The predicted molar refractivity (Wildman–Crippen MR) is 107 cm³/mol. The van der Waals surface area contributed by atoms with Crippen LogP contribution in [0.2, 0.25) is 0 Å². The van der Waals surface area contributed by atoms with E-state index >= 15 is 0 Å². The molecule has 0 bridgehead atoms. The van der Waals surface area contributed by atoms with Gasteiger partial charge in [-0.3, -0.25) is 9.48 Å². The molecule has 4 rings (SSSR count). The van der Waals surface area contributed by atoms with E-state index in [1.807, 2.05) is 42.1 Å². The maximum Gasteiger partial charge on any atom is 0.247 e. The lowest BCUT2D eigenvalue weighted by molar-refractivity contribution is -0.116. The monoisotopic (exact) mass is 379 g/mol. The smallest absolute Gasteiger partial charge is 0.247 e. The van der Waals surface area contributed by atoms with Crippen LogP contribution in [-0.2, 0) is 22.6 Å². The van der Waals surface area contributed by atoms with Crippen LogP contribution in [0.25, 0.3) is 11.1 Å². The summed E-state index contributed by atoms with van der Waals surface area (Å²) in [6, 6.07) is 10.00. The first-order valence-electron chi connectivity index (χ1n) is 9.59. The maximum absolute atomic E-state index is 12.4. The topological polar surface area (TPSA) is 74.0 Å². The largest absolute Gasteiger partial charge is 0.377 e. The summed E-state index contributed by atoms with van der Waals surface area (Å²) in [6.07, 6.45) is 7.90. The number of nitrogens with zero attached hydrogens (tertiary/aromatic N) is 4. The van der Waals surface area contributed by atoms with Crippen LogP contribution in [0.15, 0.2) is 48.9 Å². The summed E-state index contributed by atoms with van der Waals surface area (Å²) in [6.45, 7) is 3.04. The molecule has 3 aromatic rings. The molecule has 0 radical (unpaired) electrons. The van der Waals surface area contributed by atoms with Crippen molar-refractivity contribution >= 4 is 11.7 Å². The van der Waals surface area contributed by atoms with Crippen molar-refractivity contribution in [3.8, 4) is 11.1 Å². The van der Waals surface area contributed by atoms with E-state index in [4.69, 9.17) is 4.74 Å². The van der Waals surface area contributed by atoms with E-state index in [9.17, 15) is 4.79 Å². The van der Waals surface area contributed by atoms with Crippen molar-refractivity contribution in [3.63, 3.8) is 0 Å². The molecule has 7 heteroatoms. The van der Waals surface area contributed by atoms with E-state index in [1.54, 1.807) is 24.2 Å². The number of carbonyl (C=O) groups excluding carboxylic acids is 1. The van der Waals surface area contributed by atoms with Crippen molar-refractivity contribution < 1.29 is 9.53 Å². The Labute approximate surface area is 164 Å². The van der Waals surface area contributed by atoms with Gasteiger partial charge in [0, 0.05) is 31.5 Å². The molecule has 146 valence electrons. The minimum atomic E-state index is -0.117. The third kappa shape index (κ3) is 4.31. The molecule has 0 aliphatic heterocycles. The van der Waals surface area contributed by atoms with Crippen LogP contribution in [0.4, 0.5) is 5.82 Å². The van der Waals surface area contributed by atoms with Crippen LogP contribution in [0.1, 0.15) is 31.4 Å². The first kappa shape index (κ1) is 18.4. The van der Waals surface area contributed by atoms with Crippen LogP contribution in [0.5, 0.6) is 0 Å². The van der Waals surface area contributed by atoms with Gasteiger partial charge in [0.25, 0.3) is 0 Å². The van der Waals surface area contributed by atoms with Crippen molar-refractivity contribution in [1.82, 2.24) is 19.6 Å². The van der Waals surface area contributed by atoms with E-state index in [1.165, 1.54) is 12.8 Å². The average Bonchev–Trinajstić information content (AvgIpc) is 3.22. The van der Waals surface area contributed by atoms with Crippen LogP contribution in [-0.4, -0.2) is 32.6 Å². The minimum absolute atomic E-state index is 0.0289. The summed E-state index contributed by atoms with van der Waals surface area (Å²) >= 11 is 0. The molecule has 1 aliphatic rings. The van der Waals surface area contributed by atoms with Crippen molar-refractivity contribution in [1.29, 1.82) is 0 Å². The molecule has 1 N–H and O–H groups in total. The molecule has 0 saturated heterocycles. The molecule has 1 aliphatic carbocycles. The van der Waals surface area contributed by atoms with Gasteiger partial charge in [0.05, 0.1) is 18.5 Å². The second kappa shape index (κ2) is 7.98. The Morgan fingerprint density at radius 2 is 2.14 bits per heavy atom. The standard InChI is InChI=1S/C21H25N5O2/c1-15(28-2)17-4-3-5-18(10-17)19-11-23-25(13-19)14-21(27)24-20-8-9-22-26(20)12-16-6-7-16/h3-5,8-11,13,15-16H,6-7,12,14H2,1-2H3,(H,24,27). The van der Waals surface area contributed by atoms with Crippen LogP contribution in [0.3, 0.4) is 0 Å². The Balaban J connectivity index is 1.41. The van der Waals surface area contributed by atoms with Gasteiger partial charge in [0.1, 0.15) is 12.4 Å². The van der Waals surface area contributed by atoms with Crippen molar-refractivity contribution in [2.45, 2.75) is 39.0 Å². The summed E-state index contributed by atoms with van der Waals surface area (Å²) in [5.74, 6) is 1.32. The van der Waals surface area contributed by atoms with Gasteiger partial charge in [0.15, 0.2) is 0 Å². The number of amides is 1. The highest BCUT2D eigenvalue weighted by atomic mass is 16.5. The Bertz CT molecular complexity index is 957. The Hall–Kier alpha value is -2.93. The Kier molecular flexibility index (Phi) is 5.25. The van der Waals surface area contributed by atoms with Crippen LogP contribution < -0.4 is 5.32 Å². The van der Waals surface area contributed by atoms with Crippen molar-refractivity contribution in [2.24, 2.45) is 5.92 Å². The van der Waals surface area contributed by atoms with Crippen molar-refractivity contribution in [2.75, 3.05) is 12.4 Å². The van der Waals surface area contributed by atoms with Crippen LogP contribution >= 0.6 is 0 Å². The fourth-order valence-electron chi connectivity index (χ4n) is 3.17. The van der Waals surface area contributed by atoms with Crippen LogP contribution in [0, 0.1) is 5.92 Å². The third-order valence-corrected chi connectivity index (χ3v) is 5.09. The number of hydrogen-bond acceptors (Lipinski definition) is 4. The summed E-state index contributed by atoms with van der Waals surface area (Å²) in [5, 5.41) is 11.6. The number of methoxy groups -OCH3 is 1. The van der Waals surface area contributed by atoms with Gasteiger partial charge in [-0.05, 0) is 42.9 Å². The van der Waals surface area contributed by atoms with Crippen molar-refractivity contribution in [3.05, 3.63) is 54.5 Å². The zero-order valence-corrected chi connectivity index (χ0v) is 16.2. The number of ether oxygens (including phenoxy) is 1. The first-order chi connectivity index (χ1) is 13.6. The fourth-order valence-corrected chi connectivity index (χ4v) is 3.17. The fraction of sp³-hybridized carbons (Fsp3) is 0.381. The Morgan fingerprint density at radius 1 is 1.29 bits per heavy atom. The second-order valence-electron chi connectivity index (χ2n) is 7.32. The van der Waals surface area contributed by atoms with Gasteiger partial charge in [-0.1, -0.05) is 18.2 Å². The number of aromatic nitrogens is 4. The zero-order valence-electron chi connectivity index (χ0n) is 16.2. The summed E-state index contributed by atoms with van der Waals surface area (Å²) in [5.41, 5.74) is 3.13. The number of anilines is 1. The van der Waals surface area contributed by atoms with Gasteiger partial charge < -0.3 is 10.1 Å². The third-order valence-electron chi connectivity index (χ3n) is 5.09. The molecule has 1 unspecified atom stereocenters.